The van der Waals surface area contributed by atoms with Gasteiger partial charge in [0.1, 0.15) is 16.4 Å². The van der Waals surface area contributed by atoms with Gasteiger partial charge < -0.3 is 10.5 Å². The lowest BCUT2D eigenvalue weighted by Crippen LogP contribution is -2.27. The Morgan fingerprint density at radius 3 is 2.50 bits per heavy atom. The summed E-state index contributed by atoms with van der Waals surface area (Å²) >= 11 is 4.68. The van der Waals surface area contributed by atoms with E-state index >= 15 is 0 Å². The summed E-state index contributed by atoms with van der Waals surface area (Å²) in [5, 5.41) is 2.42. The Kier molecular flexibility index (Phi) is 4.24. The third-order valence-corrected chi connectivity index (χ3v) is 2.10. The summed E-state index contributed by atoms with van der Waals surface area (Å²) in [7, 11) is 0. The molecule has 6 heteroatoms. The quantitative estimate of drug-likeness (QED) is 0.811. The van der Waals surface area contributed by atoms with Crippen LogP contribution in [0.15, 0.2) is 18.2 Å². The highest BCUT2D eigenvalue weighted by Crippen LogP contribution is 2.16. The molecule has 0 atom stereocenters. The molecule has 0 bridgehead atoms. The van der Waals surface area contributed by atoms with Crippen molar-refractivity contribution in [3.8, 4) is 0 Å². The predicted octanol–water partition coefficient (Wildman–Crippen LogP) is 2.81. The molecule has 0 heterocycles. The first-order valence-electron chi connectivity index (χ1n) is 5.28. The second-order valence-corrected chi connectivity index (χ2v) is 5.13. The van der Waals surface area contributed by atoms with Crippen LogP contribution in [0.1, 0.15) is 26.3 Å². The Hall–Kier alpha value is -1.69. The molecule has 0 saturated carbocycles. The Balaban J connectivity index is 2.78. The lowest BCUT2D eigenvalue weighted by molar-refractivity contribution is 0.0636. The lowest BCUT2D eigenvalue weighted by Gasteiger charge is -2.19. The number of ether oxygens (including phenoxy) is 1. The summed E-state index contributed by atoms with van der Waals surface area (Å²) in [6.45, 7) is 5.22. The Labute approximate surface area is 110 Å². The zero-order chi connectivity index (χ0) is 13.9. The van der Waals surface area contributed by atoms with Crippen LogP contribution in [0, 0.1) is 5.82 Å². The number of amides is 1. The van der Waals surface area contributed by atoms with E-state index in [1.54, 1.807) is 20.8 Å². The van der Waals surface area contributed by atoms with Crippen molar-refractivity contribution in [2.75, 3.05) is 5.32 Å². The van der Waals surface area contributed by atoms with E-state index in [0.29, 0.717) is 0 Å². The first-order chi connectivity index (χ1) is 8.19. The highest BCUT2D eigenvalue weighted by atomic mass is 32.1. The fourth-order valence-electron chi connectivity index (χ4n) is 1.21. The molecule has 18 heavy (non-hydrogen) atoms. The second-order valence-electron chi connectivity index (χ2n) is 4.69. The molecule has 0 aliphatic carbocycles. The third kappa shape index (κ3) is 4.29. The Bertz CT molecular complexity index is 483. The van der Waals surface area contributed by atoms with Gasteiger partial charge in [-0.2, -0.15) is 0 Å². The lowest BCUT2D eigenvalue weighted by atomic mass is 10.2. The average Bonchev–Trinajstić information content (AvgIpc) is 2.13. The van der Waals surface area contributed by atoms with E-state index < -0.39 is 17.5 Å². The van der Waals surface area contributed by atoms with Gasteiger partial charge in [0.25, 0.3) is 0 Å². The molecule has 1 aromatic carbocycles. The Morgan fingerprint density at radius 2 is 2.06 bits per heavy atom. The van der Waals surface area contributed by atoms with E-state index in [0.717, 1.165) is 6.07 Å². The van der Waals surface area contributed by atoms with Crippen molar-refractivity contribution < 1.29 is 13.9 Å². The molecule has 0 fully saturated rings. The summed E-state index contributed by atoms with van der Waals surface area (Å²) in [5.74, 6) is -0.587. The zero-order valence-corrected chi connectivity index (χ0v) is 11.2. The van der Waals surface area contributed by atoms with E-state index in [-0.39, 0.29) is 16.2 Å². The van der Waals surface area contributed by atoms with Crippen molar-refractivity contribution in [1.29, 1.82) is 0 Å². The summed E-state index contributed by atoms with van der Waals surface area (Å²) in [5.41, 5.74) is 5.14. The summed E-state index contributed by atoms with van der Waals surface area (Å²) in [6.07, 6.45) is -0.648. The fourth-order valence-corrected chi connectivity index (χ4v) is 1.38. The van der Waals surface area contributed by atoms with Gasteiger partial charge in [-0.3, -0.25) is 5.32 Å². The highest BCUT2D eigenvalue weighted by molar-refractivity contribution is 7.80. The number of hydrogen-bond donors (Lipinski definition) is 2. The van der Waals surface area contributed by atoms with E-state index in [4.69, 9.17) is 10.5 Å². The molecular formula is C12H15FN2O2S. The first-order valence-corrected chi connectivity index (χ1v) is 5.69. The summed E-state index contributed by atoms with van der Waals surface area (Å²) < 4.78 is 18.6. The normalized spacial score (nSPS) is 10.9. The number of hydrogen-bond acceptors (Lipinski definition) is 3. The van der Waals surface area contributed by atoms with Gasteiger partial charge in [0.2, 0.25) is 0 Å². The van der Waals surface area contributed by atoms with Gasteiger partial charge in [0, 0.05) is 11.3 Å². The first kappa shape index (κ1) is 14.4. The second kappa shape index (κ2) is 5.30. The third-order valence-electron chi connectivity index (χ3n) is 1.88. The van der Waals surface area contributed by atoms with Crippen LogP contribution in [-0.4, -0.2) is 16.7 Å². The molecule has 0 aliphatic rings. The molecule has 1 rings (SSSR count). The standard InChI is InChI=1S/C12H15FN2O2S/c1-12(2,3)17-11(16)15-7-4-5-8(10(14)18)9(13)6-7/h4-6H,1-3H3,(H2,14,18)(H,15,16). The van der Waals surface area contributed by atoms with Crippen molar-refractivity contribution in [2.45, 2.75) is 26.4 Å². The van der Waals surface area contributed by atoms with Crippen molar-refractivity contribution in [2.24, 2.45) is 5.73 Å². The number of rotatable bonds is 2. The van der Waals surface area contributed by atoms with Crippen LogP contribution in [0.5, 0.6) is 0 Å². The molecule has 1 aromatic rings. The molecule has 1 amide bonds. The molecule has 98 valence electrons. The molecule has 0 radical (unpaired) electrons. The van der Waals surface area contributed by atoms with Crippen LogP contribution < -0.4 is 11.1 Å². The van der Waals surface area contributed by atoms with Crippen molar-refractivity contribution >= 4 is 29.0 Å². The van der Waals surface area contributed by atoms with E-state index in [1.165, 1.54) is 12.1 Å². The number of thiocarbonyl (C=S) groups is 1. The number of carbonyl (C=O) groups excluding carboxylic acids is 1. The number of halogens is 1. The smallest absolute Gasteiger partial charge is 0.412 e. The van der Waals surface area contributed by atoms with Crippen molar-refractivity contribution in [3.63, 3.8) is 0 Å². The molecule has 0 aliphatic heterocycles. The Morgan fingerprint density at radius 1 is 1.44 bits per heavy atom. The van der Waals surface area contributed by atoms with Gasteiger partial charge in [0.15, 0.2) is 0 Å². The van der Waals surface area contributed by atoms with Crippen LogP contribution in [0.25, 0.3) is 0 Å². The van der Waals surface area contributed by atoms with Crippen molar-refractivity contribution in [1.82, 2.24) is 0 Å². The minimum atomic E-state index is -0.648. The minimum absolute atomic E-state index is 0.0312. The van der Waals surface area contributed by atoms with Crippen LogP contribution in [-0.2, 0) is 4.74 Å². The highest BCUT2D eigenvalue weighted by Gasteiger charge is 2.16. The van der Waals surface area contributed by atoms with Crippen LogP contribution >= 0.6 is 12.2 Å². The maximum absolute atomic E-state index is 13.5. The van der Waals surface area contributed by atoms with Gasteiger partial charge in [-0.25, -0.2) is 9.18 Å². The molecule has 4 nitrogen and oxygen atoms in total. The van der Waals surface area contributed by atoms with E-state index in [9.17, 15) is 9.18 Å². The fraction of sp³-hybridized carbons (Fsp3) is 0.333. The van der Waals surface area contributed by atoms with Gasteiger partial charge in [-0.15, -0.1) is 0 Å². The topological polar surface area (TPSA) is 64.3 Å². The number of carbonyl (C=O) groups is 1. The molecule has 0 aromatic heterocycles. The molecular weight excluding hydrogens is 255 g/mol. The molecule has 0 unspecified atom stereocenters. The predicted molar refractivity (Wildman–Crippen MR) is 72.1 cm³/mol. The number of nitrogens with one attached hydrogen (secondary N) is 1. The number of benzene rings is 1. The number of nitrogens with two attached hydrogens (primary N) is 1. The van der Waals surface area contributed by atoms with Crippen molar-refractivity contribution in [3.05, 3.63) is 29.6 Å². The van der Waals surface area contributed by atoms with Crippen LogP contribution in [0.2, 0.25) is 0 Å². The monoisotopic (exact) mass is 270 g/mol. The van der Waals surface area contributed by atoms with Gasteiger partial charge >= 0.3 is 6.09 Å². The SMILES string of the molecule is CC(C)(C)OC(=O)Nc1ccc(C(N)=S)c(F)c1. The van der Waals surface area contributed by atoms with E-state index in [1.807, 2.05) is 0 Å². The largest absolute Gasteiger partial charge is 0.444 e. The molecule has 0 spiro atoms. The minimum Gasteiger partial charge on any atom is -0.444 e. The van der Waals surface area contributed by atoms with Gasteiger partial charge in [0.05, 0.1) is 0 Å². The van der Waals surface area contributed by atoms with Crippen LogP contribution in [0.4, 0.5) is 14.9 Å². The van der Waals surface area contributed by atoms with Gasteiger partial charge in [-0.05, 0) is 39.0 Å². The molecule has 0 saturated heterocycles. The van der Waals surface area contributed by atoms with Gasteiger partial charge in [-0.1, -0.05) is 12.2 Å². The molecule has 3 N–H and O–H groups in total. The zero-order valence-electron chi connectivity index (χ0n) is 10.4. The van der Waals surface area contributed by atoms with Crippen LogP contribution in [0.3, 0.4) is 0 Å². The summed E-state index contributed by atoms with van der Waals surface area (Å²) in [4.78, 5) is 11.4. The summed E-state index contributed by atoms with van der Waals surface area (Å²) in [6, 6.07) is 4.05. The maximum atomic E-state index is 13.5. The number of anilines is 1. The maximum Gasteiger partial charge on any atom is 0.412 e. The van der Waals surface area contributed by atoms with E-state index in [2.05, 4.69) is 17.5 Å². The average molecular weight is 270 g/mol.